The molecule has 1 unspecified atom stereocenters. The summed E-state index contributed by atoms with van der Waals surface area (Å²) in [4.78, 5) is 0. The number of aryl methyl sites for hydroxylation is 1. The quantitative estimate of drug-likeness (QED) is 0.771. The highest BCUT2D eigenvalue weighted by molar-refractivity contribution is 6.30. The molecule has 0 aliphatic carbocycles. The van der Waals surface area contributed by atoms with Crippen LogP contribution >= 0.6 is 11.6 Å². The predicted molar refractivity (Wildman–Crippen MR) is 90.3 cm³/mol. The standard InChI is InChI=1S/C17H24ClN3O/c1-12(22)8-9-19-10-17-13(2)20-21(14(17)3)11-15-4-6-16(18)7-5-15/h4-7,12,19,22H,8-11H2,1-3H3. The molecule has 0 aliphatic rings. The third kappa shape index (κ3) is 4.57. The lowest BCUT2D eigenvalue weighted by molar-refractivity contribution is 0.183. The van der Waals surface area contributed by atoms with Gasteiger partial charge in [-0.3, -0.25) is 4.68 Å². The van der Waals surface area contributed by atoms with Gasteiger partial charge in [-0.25, -0.2) is 0 Å². The molecule has 5 heteroatoms. The van der Waals surface area contributed by atoms with Crippen LogP contribution in [0, 0.1) is 13.8 Å². The van der Waals surface area contributed by atoms with Crippen molar-refractivity contribution in [2.75, 3.05) is 6.54 Å². The van der Waals surface area contributed by atoms with Gasteiger partial charge in [0.25, 0.3) is 0 Å². The fourth-order valence-electron chi connectivity index (χ4n) is 2.43. The summed E-state index contributed by atoms with van der Waals surface area (Å²) in [6.07, 6.45) is 0.499. The average molecular weight is 322 g/mol. The Hall–Kier alpha value is -1.36. The van der Waals surface area contributed by atoms with E-state index in [1.807, 2.05) is 42.8 Å². The number of hydrogen-bond acceptors (Lipinski definition) is 3. The van der Waals surface area contributed by atoms with Crippen molar-refractivity contribution in [3.8, 4) is 0 Å². The average Bonchev–Trinajstić information content (AvgIpc) is 2.72. The Bertz CT molecular complexity index is 605. The van der Waals surface area contributed by atoms with Crippen molar-refractivity contribution in [2.24, 2.45) is 0 Å². The molecule has 0 fully saturated rings. The van der Waals surface area contributed by atoms with Crippen LogP contribution in [0.5, 0.6) is 0 Å². The second-order valence-corrected chi connectivity index (χ2v) is 6.18. The molecule has 2 aromatic rings. The Morgan fingerprint density at radius 3 is 2.59 bits per heavy atom. The number of benzene rings is 1. The van der Waals surface area contributed by atoms with Gasteiger partial charge in [-0.2, -0.15) is 5.10 Å². The van der Waals surface area contributed by atoms with Gasteiger partial charge in [-0.15, -0.1) is 0 Å². The van der Waals surface area contributed by atoms with Crippen molar-refractivity contribution in [3.05, 3.63) is 51.8 Å². The van der Waals surface area contributed by atoms with E-state index < -0.39 is 0 Å². The first-order chi connectivity index (χ1) is 10.5. The van der Waals surface area contributed by atoms with Crippen molar-refractivity contribution in [1.82, 2.24) is 15.1 Å². The Labute approximate surface area is 137 Å². The Kier molecular flexibility index (Phi) is 6.00. The monoisotopic (exact) mass is 321 g/mol. The molecule has 0 aliphatic heterocycles. The molecule has 1 atom stereocenters. The highest BCUT2D eigenvalue weighted by atomic mass is 35.5. The molecule has 0 amide bonds. The maximum absolute atomic E-state index is 9.28. The largest absolute Gasteiger partial charge is 0.393 e. The van der Waals surface area contributed by atoms with Crippen molar-refractivity contribution in [3.63, 3.8) is 0 Å². The van der Waals surface area contributed by atoms with Crippen molar-refractivity contribution in [1.29, 1.82) is 0 Å². The Morgan fingerprint density at radius 1 is 1.27 bits per heavy atom. The summed E-state index contributed by atoms with van der Waals surface area (Å²) < 4.78 is 2.03. The summed E-state index contributed by atoms with van der Waals surface area (Å²) in [5.41, 5.74) is 4.65. The van der Waals surface area contributed by atoms with Gasteiger partial charge in [0.1, 0.15) is 0 Å². The van der Waals surface area contributed by atoms with E-state index in [1.165, 1.54) is 16.8 Å². The zero-order valence-corrected chi connectivity index (χ0v) is 14.2. The summed E-state index contributed by atoms with van der Waals surface area (Å²) >= 11 is 5.92. The van der Waals surface area contributed by atoms with E-state index >= 15 is 0 Å². The fourth-order valence-corrected chi connectivity index (χ4v) is 2.56. The highest BCUT2D eigenvalue weighted by Gasteiger charge is 2.11. The lowest BCUT2D eigenvalue weighted by atomic mass is 10.2. The van der Waals surface area contributed by atoms with E-state index in [4.69, 9.17) is 11.6 Å². The van der Waals surface area contributed by atoms with Crippen molar-refractivity contribution < 1.29 is 5.11 Å². The Balaban J connectivity index is 2.01. The zero-order chi connectivity index (χ0) is 16.1. The number of nitrogens with zero attached hydrogens (tertiary/aromatic N) is 2. The van der Waals surface area contributed by atoms with Gasteiger partial charge in [0.15, 0.2) is 0 Å². The molecule has 120 valence electrons. The summed E-state index contributed by atoms with van der Waals surface area (Å²) in [5.74, 6) is 0. The number of aliphatic hydroxyl groups is 1. The van der Waals surface area contributed by atoms with Crippen LogP contribution < -0.4 is 5.32 Å². The maximum atomic E-state index is 9.28. The first-order valence-corrected chi connectivity index (χ1v) is 8.01. The molecule has 1 heterocycles. The normalized spacial score (nSPS) is 12.6. The first kappa shape index (κ1) is 17.0. The first-order valence-electron chi connectivity index (χ1n) is 7.63. The van der Waals surface area contributed by atoms with Gasteiger partial charge < -0.3 is 10.4 Å². The molecule has 0 saturated heterocycles. The minimum Gasteiger partial charge on any atom is -0.393 e. The molecule has 2 rings (SSSR count). The molecule has 0 bridgehead atoms. The van der Waals surface area contributed by atoms with E-state index in [0.29, 0.717) is 0 Å². The molecular formula is C17H24ClN3O. The molecule has 4 nitrogen and oxygen atoms in total. The lowest BCUT2D eigenvalue weighted by Crippen LogP contribution is -2.19. The Morgan fingerprint density at radius 2 is 1.95 bits per heavy atom. The predicted octanol–water partition coefficient (Wildman–Crippen LogP) is 3.06. The number of hydrogen-bond donors (Lipinski definition) is 2. The van der Waals surface area contributed by atoms with Gasteiger partial charge in [0, 0.05) is 22.8 Å². The third-order valence-electron chi connectivity index (χ3n) is 3.82. The topological polar surface area (TPSA) is 50.1 Å². The summed E-state index contributed by atoms with van der Waals surface area (Å²) in [6.45, 7) is 8.28. The van der Waals surface area contributed by atoms with Crippen molar-refractivity contribution >= 4 is 11.6 Å². The number of nitrogens with one attached hydrogen (secondary N) is 1. The number of aromatic nitrogens is 2. The molecule has 2 N–H and O–H groups in total. The van der Waals surface area contributed by atoms with Crippen LogP contribution in [-0.2, 0) is 13.1 Å². The van der Waals surface area contributed by atoms with E-state index in [-0.39, 0.29) is 6.10 Å². The maximum Gasteiger partial charge on any atom is 0.0662 e. The van der Waals surface area contributed by atoms with E-state index in [0.717, 1.165) is 36.8 Å². The van der Waals surface area contributed by atoms with Crippen LogP contribution in [0.2, 0.25) is 5.02 Å². The van der Waals surface area contributed by atoms with E-state index in [9.17, 15) is 5.11 Å². The molecule has 1 aromatic heterocycles. The van der Waals surface area contributed by atoms with Gasteiger partial charge in [-0.1, -0.05) is 23.7 Å². The van der Waals surface area contributed by atoms with Gasteiger partial charge in [-0.05, 0) is 51.4 Å². The van der Waals surface area contributed by atoms with Gasteiger partial charge in [0.05, 0.1) is 18.3 Å². The molecule has 0 radical (unpaired) electrons. The lowest BCUT2D eigenvalue weighted by Gasteiger charge is -2.08. The van der Waals surface area contributed by atoms with Crippen LogP contribution in [0.25, 0.3) is 0 Å². The van der Waals surface area contributed by atoms with Crippen LogP contribution in [0.15, 0.2) is 24.3 Å². The smallest absolute Gasteiger partial charge is 0.0662 e. The number of aliphatic hydroxyl groups excluding tert-OH is 1. The third-order valence-corrected chi connectivity index (χ3v) is 4.07. The summed E-state index contributed by atoms with van der Waals surface area (Å²) in [7, 11) is 0. The van der Waals surface area contributed by atoms with Gasteiger partial charge >= 0.3 is 0 Å². The SMILES string of the molecule is Cc1nn(Cc2ccc(Cl)cc2)c(C)c1CNCCC(C)O. The minimum absolute atomic E-state index is 0.262. The summed E-state index contributed by atoms with van der Waals surface area (Å²) in [5, 5.41) is 18.0. The van der Waals surface area contributed by atoms with E-state index in [1.54, 1.807) is 0 Å². The van der Waals surface area contributed by atoms with Crippen LogP contribution in [-0.4, -0.2) is 27.5 Å². The van der Waals surface area contributed by atoms with Gasteiger partial charge in [0.2, 0.25) is 0 Å². The molecule has 22 heavy (non-hydrogen) atoms. The minimum atomic E-state index is -0.262. The molecule has 1 aromatic carbocycles. The second-order valence-electron chi connectivity index (χ2n) is 5.75. The number of halogens is 1. The molecule has 0 saturated carbocycles. The van der Waals surface area contributed by atoms with Crippen molar-refractivity contribution in [2.45, 2.75) is 46.4 Å². The molecule has 0 spiro atoms. The second kappa shape index (κ2) is 7.77. The van der Waals surface area contributed by atoms with Crippen LogP contribution in [0.4, 0.5) is 0 Å². The van der Waals surface area contributed by atoms with E-state index in [2.05, 4.69) is 17.3 Å². The van der Waals surface area contributed by atoms with Crippen LogP contribution in [0.3, 0.4) is 0 Å². The zero-order valence-electron chi connectivity index (χ0n) is 13.4. The molecular weight excluding hydrogens is 298 g/mol. The fraction of sp³-hybridized carbons (Fsp3) is 0.471. The van der Waals surface area contributed by atoms with Crippen LogP contribution in [0.1, 0.15) is 35.9 Å². The summed E-state index contributed by atoms with van der Waals surface area (Å²) in [6, 6.07) is 7.86. The highest BCUT2D eigenvalue weighted by Crippen LogP contribution is 2.16. The number of rotatable bonds is 7.